The predicted molar refractivity (Wildman–Crippen MR) is 42.0 cm³/mol. The highest BCUT2D eigenvalue weighted by Crippen LogP contribution is 2.24. The molecule has 0 saturated heterocycles. The van der Waals surface area contributed by atoms with Gasteiger partial charge in [-0.15, -0.1) is 0 Å². The highest BCUT2D eigenvalue weighted by Gasteiger charge is 2.01. The number of rotatable bonds is 0. The van der Waals surface area contributed by atoms with Crippen molar-refractivity contribution in [2.75, 3.05) is 5.73 Å². The van der Waals surface area contributed by atoms with E-state index < -0.39 is 0 Å². The summed E-state index contributed by atoms with van der Waals surface area (Å²) in [5.74, 6) is -0.0263. The maximum absolute atomic E-state index is 9.14. The molecule has 11 heavy (non-hydrogen) atoms. The molecule has 0 heterocycles. The second-order valence-corrected chi connectivity index (χ2v) is 2.34. The van der Waals surface area contributed by atoms with E-state index in [-0.39, 0.29) is 5.75 Å². The van der Waals surface area contributed by atoms with Crippen LogP contribution >= 0.6 is 0 Å². The van der Waals surface area contributed by atoms with Crippen LogP contribution in [0.2, 0.25) is 0 Å². The summed E-state index contributed by atoms with van der Waals surface area (Å²) >= 11 is 0. The van der Waals surface area contributed by atoms with Crippen LogP contribution in [-0.2, 0) is 0 Å². The Bertz CT molecular complexity index is 302. The van der Waals surface area contributed by atoms with Gasteiger partial charge in [-0.3, -0.25) is 0 Å². The van der Waals surface area contributed by atoms with Crippen molar-refractivity contribution in [3.8, 4) is 11.8 Å². The van der Waals surface area contributed by atoms with E-state index in [1.165, 1.54) is 6.07 Å². The summed E-state index contributed by atoms with van der Waals surface area (Å²) in [6.45, 7) is 1.75. The van der Waals surface area contributed by atoms with Crippen molar-refractivity contribution in [3.63, 3.8) is 0 Å². The van der Waals surface area contributed by atoms with Gasteiger partial charge in [0.15, 0.2) is 0 Å². The summed E-state index contributed by atoms with van der Waals surface area (Å²) in [5, 5.41) is 17.6. The second-order valence-electron chi connectivity index (χ2n) is 2.34. The maximum Gasteiger partial charge on any atom is 0.140 e. The highest BCUT2D eigenvalue weighted by molar-refractivity contribution is 5.60. The lowest BCUT2D eigenvalue weighted by Gasteiger charge is -2.01. The summed E-state index contributed by atoms with van der Waals surface area (Å²) in [6, 6.07) is 4.90. The van der Waals surface area contributed by atoms with Gasteiger partial charge in [0.25, 0.3) is 0 Å². The van der Waals surface area contributed by atoms with Gasteiger partial charge in [-0.1, -0.05) is 0 Å². The summed E-state index contributed by atoms with van der Waals surface area (Å²) in [4.78, 5) is 0. The fourth-order valence-electron chi connectivity index (χ4n) is 0.844. The van der Waals surface area contributed by atoms with Crippen LogP contribution in [0.25, 0.3) is 0 Å². The van der Waals surface area contributed by atoms with E-state index in [9.17, 15) is 0 Å². The molecule has 1 aromatic rings. The van der Waals surface area contributed by atoms with E-state index in [4.69, 9.17) is 16.1 Å². The van der Waals surface area contributed by atoms with E-state index in [1.54, 1.807) is 13.0 Å². The molecule has 0 amide bonds. The van der Waals surface area contributed by atoms with Crippen LogP contribution in [0.4, 0.5) is 5.69 Å². The molecule has 0 saturated carbocycles. The third-order valence-electron chi connectivity index (χ3n) is 1.49. The van der Waals surface area contributed by atoms with E-state index in [0.717, 1.165) is 5.56 Å². The molecule has 0 atom stereocenters. The van der Waals surface area contributed by atoms with Crippen molar-refractivity contribution in [2.45, 2.75) is 6.92 Å². The van der Waals surface area contributed by atoms with Gasteiger partial charge in [0.05, 0.1) is 17.3 Å². The zero-order chi connectivity index (χ0) is 8.43. The van der Waals surface area contributed by atoms with Gasteiger partial charge >= 0.3 is 0 Å². The quantitative estimate of drug-likeness (QED) is 0.428. The number of benzene rings is 1. The van der Waals surface area contributed by atoms with Crippen LogP contribution in [0.5, 0.6) is 5.75 Å². The number of nitrogens with zero attached hydrogens (tertiary/aromatic N) is 1. The average molecular weight is 148 g/mol. The normalized spacial score (nSPS) is 9.09. The number of aryl methyl sites for hydroxylation is 1. The lowest BCUT2D eigenvalue weighted by molar-refractivity contribution is 0.477. The van der Waals surface area contributed by atoms with Crippen LogP contribution < -0.4 is 5.73 Å². The van der Waals surface area contributed by atoms with Crippen molar-refractivity contribution < 1.29 is 5.11 Å². The molecular weight excluding hydrogens is 140 g/mol. The number of phenolic OH excluding ortho intramolecular Hbond substituents is 1. The number of hydrogen-bond acceptors (Lipinski definition) is 3. The molecule has 3 heteroatoms. The molecular formula is C8H8N2O. The minimum Gasteiger partial charge on any atom is -0.506 e. The standard InChI is InChI=1S/C8H8N2O/c1-5-2-6(4-9)3-7(11)8(5)10/h2-3,11H,10H2,1H3. The van der Waals surface area contributed by atoms with Crippen molar-refractivity contribution in [3.05, 3.63) is 23.3 Å². The van der Waals surface area contributed by atoms with Gasteiger partial charge in [-0.05, 0) is 24.6 Å². The lowest BCUT2D eigenvalue weighted by Crippen LogP contribution is -1.90. The number of nitrogen functional groups attached to an aromatic ring is 1. The number of nitriles is 1. The first-order chi connectivity index (χ1) is 5.15. The molecule has 0 aliphatic heterocycles. The van der Waals surface area contributed by atoms with E-state index in [1.807, 2.05) is 6.07 Å². The molecule has 0 fully saturated rings. The largest absolute Gasteiger partial charge is 0.506 e. The zero-order valence-electron chi connectivity index (χ0n) is 6.13. The molecule has 0 spiro atoms. The van der Waals surface area contributed by atoms with Gasteiger partial charge in [0, 0.05) is 0 Å². The maximum atomic E-state index is 9.14. The minimum atomic E-state index is -0.0263. The lowest BCUT2D eigenvalue weighted by atomic mass is 10.1. The van der Waals surface area contributed by atoms with Gasteiger partial charge < -0.3 is 10.8 Å². The van der Waals surface area contributed by atoms with Crippen LogP contribution in [0.3, 0.4) is 0 Å². The van der Waals surface area contributed by atoms with Gasteiger partial charge in [-0.2, -0.15) is 5.26 Å². The predicted octanol–water partition coefficient (Wildman–Crippen LogP) is 1.15. The van der Waals surface area contributed by atoms with Crippen LogP contribution in [-0.4, -0.2) is 5.11 Å². The molecule has 0 aliphatic rings. The van der Waals surface area contributed by atoms with Gasteiger partial charge in [-0.25, -0.2) is 0 Å². The van der Waals surface area contributed by atoms with Crippen LogP contribution in [0, 0.1) is 18.3 Å². The first-order valence-corrected chi connectivity index (χ1v) is 3.14. The Hall–Kier alpha value is -1.69. The fraction of sp³-hybridized carbons (Fsp3) is 0.125. The minimum absolute atomic E-state index is 0.0263. The van der Waals surface area contributed by atoms with Gasteiger partial charge in [0.2, 0.25) is 0 Å². The summed E-state index contributed by atoms with van der Waals surface area (Å²) in [5.41, 5.74) is 6.93. The summed E-state index contributed by atoms with van der Waals surface area (Å²) in [6.07, 6.45) is 0. The molecule has 1 rings (SSSR count). The van der Waals surface area contributed by atoms with Gasteiger partial charge in [0.1, 0.15) is 5.75 Å². The van der Waals surface area contributed by atoms with Crippen molar-refractivity contribution in [1.29, 1.82) is 5.26 Å². The Labute approximate surface area is 64.7 Å². The fourth-order valence-corrected chi connectivity index (χ4v) is 0.844. The van der Waals surface area contributed by atoms with Crippen LogP contribution in [0.1, 0.15) is 11.1 Å². The summed E-state index contributed by atoms with van der Waals surface area (Å²) in [7, 11) is 0. The number of nitrogens with two attached hydrogens (primary N) is 1. The third kappa shape index (κ3) is 1.24. The Morgan fingerprint density at radius 1 is 1.55 bits per heavy atom. The van der Waals surface area contributed by atoms with Crippen molar-refractivity contribution in [2.24, 2.45) is 0 Å². The molecule has 0 radical (unpaired) electrons. The Kier molecular flexibility index (Phi) is 1.69. The smallest absolute Gasteiger partial charge is 0.140 e. The molecule has 56 valence electrons. The number of phenols is 1. The van der Waals surface area contributed by atoms with E-state index in [0.29, 0.717) is 11.3 Å². The SMILES string of the molecule is Cc1cc(C#N)cc(O)c1N. The van der Waals surface area contributed by atoms with E-state index >= 15 is 0 Å². The third-order valence-corrected chi connectivity index (χ3v) is 1.49. The van der Waals surface area contributed by atoms with E-state index in [2.05, 4.69) is 0 Å². The number of aromatic hydroxyl groups is 1. The van der Waals surface area contributed by atoms with Crippen LogP contribution in [0.15, 0.2) is 12.1 Å². The average Bonchev–Trinajstić information content (AvgIpc) is 1.99. The number of anilines is 1. The van der Waals surface area contributed by atoms with Crippen molar-refractivity contribution in [1.82, 2.24) is 0 Å². The Morgan fingerprint density at radius 3 is 2.64 bits per heavy atom. The second kappa shape index (κ2) is 2.51. The molecule has 3 nitrogen and oxygen atoms in total. The Morgan fingerprint density at radius 2 is 2.18 bits per heavy atom. The first-order valence-electron chi connectivity index (χ1n) is 3.14. The molecule has 1 aromatic carbocycles. The summed E-state index contributed by atoms with van der Waals surface area (Å²) < 4.78 is 0. The topological polar surface area (TPSA) is 70.0 Å². The number of hydrogen-bond donors (Lipinski definition) is 2. The molecule has 0 aliphatic carbocycles. The monoisotopic (exact) mass is 148 g/mol. The molecule has 0 bridgehead atoms. The first kappa shape index (κ1) is 7.42. The molecule has 0 unspecified atom stereocenters. The highest BCUT2D eigenvalue weighted by atomic mass is 16.3. The van der Waals surface area contributed by atoms with Crippen molar-refractivity contribution >= 4 is 5.69 Å². The zero-order valence-corrected chi connectivity index (χ0v) is 6.13. The molecule has 0 aromatic heterocycles. The Balaban J connectivity index is 3.35. The molecule has 3 N–H and O–H groups in total.